The number of nitrogens with one attached hydrogen (secondary N) is 1. The second-order valence-electron chi connectivity index (χ2n) is 4.97. The highest BCUT2D eigenvalue weighted by molar-refractivity contribution is 6.30. The largest absolute Gasteiger partial charge is 0.377 e. The van der Waals surface area contributed by atoms with Gasteiger partial charge in [0.05, 0.1) is 16.3 Å². The third-order valence-corrected chi connectivity index (χ3v) is 3.65. The molecule has 2 aromatic carbocycles. The normalized spacial score (nSPS) is 11.6. The molecule has 2 rings (SSSR count). The first-order chi connectivity index (χ1) is 10.4. The summed E-state index contributed by atoms with van der Waals surface area (Å²) in [6.07, 6.45) is 0. The van der Waals surface area contributed by atoms with Gasteiger partial charge in [0.25, 0.3) is 0 Å². The van der Waals surface area contributed by atoms with Gasteiger partial charge in [-0.15, -0.1) is 0 Å². The van der Waals surface area contributed by atoms with Crippen LogP contribution < -0.4 is 5.32 Å². The summed E-state index contributed by atoms with van der Waals surface area (Å²) in [7, 11) is 0. The minimum atomic E-state index is -0.478. The second kappa shape index (κ2) is 6.59. The molecular weight excluding hydrogens is 303 g/mol. The highest BCUT2D eigenvalue weighted by Crippen LogP contribution is 2.26. The van der Waals surface area contributed by atoms with Gasteiger partial charge in [0.2, 0.25) is 0 Å². The first-order valence-electron chi connectivity index (χ1n) is 6.69. The standard InChI is InChI=1S/C17H14ClFN2O/c1-10(12-5-6-16(19)15(18)7-12)21-17-8-13(11(2)22)3-4-14(17)9-20/h3-8,10,21H,1-2H3. The molecule has 0 spiro atoms. The Balaban J connectivity index is 2.32. The summed E-state index contributed by atoms with van der Waals surface area (Å²) in [5.41, 5.74) is 2.29. The van der Waals surface area contributed by atoms with Crippen LogP contribution in [0.1, 0.15) is 41.4 Å². The molecule has 0 aromatic heterocycles. The van der Waals surface area contributed by atoms with Crippen LogP contribution in [0, 0.1) is 17.1 Å². The number of carbonyl (C=O) groups excluding carboxylic acids is 1. The summed E-state index contributed by atoms with van der Waals surface area (Å²) in [5.74, 6) is -0.557. The summed E-state index contributed by atoms with van der Waals surface area (Å²) in [6, 6.07) is 11.2. The van der Waals surface area contributed by atoms with Gasteiger partial charge in [-0.1, -0.05) is 17.7 Å². The Morgan fingerprint density at radius 3 is 2.64 bits per heavy atom. The maximum Gasteiger partial charge on any atom is 0.159 e. The monoisotopic (exact) mass is 316 g/mol. The van der Waals surface area contributed by atoms with E-state index in [1.165, 1.54) is 19.1 Å². The summed E-state index contributed by atoms with van der Waals surface area (Å²) in [6.45, 7) is 3.33. The van der Waals surface area contributed by atoms with E-state index in [0.717, 1.165) is 5.56 Å². The molecule has 0 aliphatic rings. The molecule has 0 saturated heterocycles. The quantitative estimate of drug-likeness (QED) is 0.830. The van der Waals surface area contributed by atoms with Crippen LogP contribution in [0.4, 0.5) is 10.1 Å². The number of nitrogens with zero attached hydrogens (tertiary/aromatic N) is 1. The Hall–Kier alpha value is -2.38. The van der Waals surface area contributed by atoms with Crippen LogP contribution in [0.25, 0.3) is 0 Å². The summed E-state index contributed by atoms with van der Waals surface area (Å²) in [4.78, 5) is 11.5. The van der Waals surface area contributed by atoms with Gasteiger partial charge in [-0.25, -0.2) is 4.39 Å². The van der Waals surface area contributed by atoms with Crippen LogP contribution >= 0.6 is 11.6 Å². The molecule has 0 heterocycles. The average molecular weight is 317 g/mol. The topological polar surface area (TPSA) is 52.9 Å². The molecular formula is C17H14ClFN2O. The average Bonchev–Trinajstić information content (AvgIpc) is 2.49. The molecule has 22 heavy (non-hydrogen) atoms. The van der Waals surface area contributed by atoms with E-state index < -0.39 is 5.82 Å². The molecule has 3 nitrogen and oxygen atoms in total. The number of anilines is 1. The first-order valence-corrected chi connectivity index (χ1v) is 7.06. The predicted octanol–water partition coefficient (Wildman–Crippen LogP) is 4.73. The molecule has 1 N–H and O–H groups in total. The lowest BCUT2D eigenvalue weighted by Gasteiger charge is -2.17. The fraction of sp³-hybridized carbons (Fsp3) is 0.176. The molecule has 0 bridgehead atoms. The van der Waals surface area contributed by atoms with E-state index in [4.69, 9.17) is 16.9 Å². The van der Waals surface area contributed by atoms with E-state index in [0.29, 0.717) is 16.8 Å². The van der Waals surface area contributed by atoms with E-state index >= 15 is 0 Å². The van der Waals surface area contributed by atoms with Gasteiger partial charge in [0.1, 0.15) is 11.9 Å². The number of nitriles is 1. The molecule has 0 aliphatic heterocycles. The van der Waals surface area contributed by atoms with E-state index in [-0.39, 0.29) is 16.8 Å². The maximum atomic E-state index is 13.2. The number of rotatable bonds is 4. The van der Waals surface area contributed by atoms with Crippen LogP contribution in [-0.2, 0) is 0 Å². The lowest BCUT2D eigenvalue weighted by Crippen LogP contribution is -2.09. The molecule has 0 amide bonds. The van der Waals surface area contributed by atoms with Crippen LogP contribution in [-0.4, -0.2) is 5.78 Å². The van der Waals surface area contributed by atoms with Crippen molar-refractivity contribution >= 4 is 23.1 Å². The van der Waals surface area contributed by atoms with Gasteiger partial charge >= 0.3 is 0 Å². The molecule has 0 fully saturated rings. The third kappa shape index (κ3) is 3.44. The van der Waals surface area contributed by atoms with Crippen molar-refractivity contribution in [1.82, 2.24) is 0 Å². The Bertz CT molecular complexity index is 768. The van der Waals surface area contributed by atoms with Crippen LogP contribution in [0.2, 0.25) is 5.02 Å². The van der Waals surface area contributed by atoms with Crippen molar-refractivity contribution < 1.29 is 9.18 Å². The number of hydrogen-bond acceptors (Lipinski definition) is 3. The lowest BCUT2D eigenvalue weighted by atomic mass is 10.0. The first kappa shape index (κ1) is 16.0. The Kier molecular flexibility index (Phi) is 4.79. The maximum absolute atomic E-state index is 13.2. The zero-order chi connectivity index (χ0) is 16.3. The van der Waals surface area contributed by atoms with Crippen molar-refractivity contribution in [3.63, 3.8) is 0 Å². The van der Waals surface area contributed by atoms with Gasteiger partial charge in [0, 0.05) is 11.6 Å². The van der Waals surface area contributed by atoms with Crippen LogP contribution in [0.3, 0.4) is 0 Å². The Labute approximate surface area is 133 Å². The Morgan fingerprint density at radius 1 is 1.32 bits per heavy atom. The minimum absolute atomic E-state index is 0.0455. The number of carbonyl (C=O) groups is 1. The van der Waals surface area contributed by atoms with Crippen molar-refractivity contribution in [1.29, 1.82) is 5.26 Å². The number of halogens is 2. The molecule has 1 atom stereocenters. The Morgan fingerprint density at radius 2 is 2.05 bits per heavy atom. The van der Waals surface area contributed by atoms with Gasteiger partial charge in [-0.05, 0) is 49.7 Å². The fourth-order valence-electron chi connectivity index (χ4n) is 2.08. The highest BCUT2D eigenvalue weighted by Gasteiger charge is 2.12. The number of hydrogen-bond donors (Lipinski definition) is 1. The lowest BCUT2D eigenvalue weighted by molar-refractivity contribution is 0.101. The van der Waals surface area contributed by atoms with Gasteiger partial charge in [0.15, 0.2) is 5.78 Å². The van der Waals surface area contributed by atoms with E-state index in [1.54, 1.807) is 24.3 Å². The van der Waals surface area contributed by atoms with Gasteiger partial charge in [-0.2, -0.15) is 5.26 Å². The molecule has 0 aliphatic carbocycles. The summed E-state index contributed by atoms with van der Waals surface area (Å²) < 4.78 is 13.2. The smallest absolute Gasteiger partial charge is 0.159 e. The minimum Gasteiger partial charge on any atom is -0.377 e. The summed E-state index contributed by atoms with van der Waals surface area (Å²) in [5, 5.41) is 12.4. The number of ketones is 1. The number of Topliss-reactive ketones (excluding diaryl/α,β-unsaturated/α-hetero) is 1. The van der Waals surface area contributed by atoms with E-state index in [9.17, 15) is 9.18 Å². The third-order valence-electron chi connectivity index (χ3n) is 3.36. The molecule has 0 radical (unpaired) electrons. The second-order valence-corrected chi connectivity index (χ2v) is 5.38. The SMILES string of the molecule is CC(=O)c1ccc(C#N)c(NC(C)c2ccc(F)c(Cl)c2)c1. The van der Waals surface area contributed by atoms with Crippen molar-refractivity contribution in [2.24, 2.45) is 0 Å². The van der Waals surface area contributed by atoms with Gasteiger partial charge < -0.3 is 5.32 Å². The van der Waals surface area contributed by atoms with Crippen molar-refractivity contribution in [2.75, 3.05) is 5.32 Å². The zero-order valence-corrected chi connectivity index (χ0v) is 12.9. The predicted molar refractivity (Wildman–Crippen MR) is 84.6 cm³/mol. The van der Waals surface area contributed by atoms with Crippen LogP contribution in [0.5, 0.6) is 0 Å². The number of benzene rings is 2. The van der Waals surface area contributed by atoms with E-state index in [1.807, 2.05) is 6.92 Å². The molecule has 5 heteroatoms. The molecule has 0 saturated carbocycles. The van der Waals surface area contributed by atoms with Crippen molar-refractivity contribution in [3.05, 3.63) is 63.9 Å². The van der Waals surface area contributed by atoms with E-state index in [2.05, 4.69) is 11.4 Å². The summed E-state index contributed by atoms with van der Waals surface area (Å²) >= 11 is 5.79. The molecule has 112 valence electrons. The fourth-order valence-corrected chi connectivity index (χ4v) is 2.27. The van der Waals surface area contributed by atoms with Crippen molar-refractivity contribution in [2.45, 2.75) is 19.9 Å². The highest BCUT2D eigenvalue weighted by atomic mass is 35.5. The van der Waals surface area contributed by atoms with Crippen molar-refractivity contribution in [3.8, 4) is 6.07 Å². The van der Waals surface area contributed by atoms with Crippen LogP contribution in [0.15, 0.2) is 36.4 Å². The molecule has 1 unspecified atom stereocenters. The molecule has 2 aromatic rings. The van der Waals surface area contributed by atoms with Gasteiger partial charge in [-0.3, -0.25) is 4.79 Å². The zero-order valence-electron chi connectivity index (χ0n) is 12.2.